The van der Waals surface area contributed by atoms with E-state index in [4.69, 9.17) is 5.84 Å². The highest BCUT2D eigenvalue weighted by Gasteiger charge is 2.31. The van der Waals surface area contributed by atoms with Crippen molar-refractivity contribution in [2.75, 3.05) is 23.5 Å². The maximum atomic E-state index is 5.36. The van der Waals surface area contributed by atoms with Gasteiger partial charge in [0.1, 0.15) is 11.6 Å². The fourth-order valence-corrected chi connectivity index (χ4v) is 1.98. The second-order valence-electron chi connectivity index (χ2n) is 4.12. The molecule has 16 heavy (non-hydrogen) atoms. The first kappa shape index (κ1) is 11.5. The molecule has 1 aliphatic rings. The average molecular weight is 239 g/mol. The molecule has 6 heteroatoms. The van der Waals surface area contributed by atoms with Gasteiger partial charge in [0.05, 0.1) is 0 Å². The molecule has 0 radical (unpaired) electrons. The van der Waals surface area contributed by atoms with E-state index < -0.39 is 0 Å². The van der Waals surface area contributed by atoms with E-state index in [1.165, 1.54) is 18.2 Å². The van der Waals surface area contributed by atoms with Gasteiger partial charge in [-0.05, 0) is 24.5 Å². The fraction of sp³-hybridized carbons (Fsp3) is 0.600. The molecule has 1 aromatic rings. The number of nitrogens with one attached hydrogen (secondary N) is 2. The van der Waals surface area contributed by atoms with Gasteiger partial charge in [-0.25, -0.2) is 15.8 Å². The minimum absolute atomic E-state index is 0.644. The Morgan fingerprint density at radius 2 is 2.19 bits per heavy atom. The van der Waals surface area contributed by atoms with E-state index in [1.807, 2.05) is 12.3 Å². The molecule has 5 nitrogen and oxygen atoms in total. The standard InChI is InChI=1S/C10H17N5S/c1-6-3-7(6)5-12-8-4-9(15-11)14-10(13-8)16-2/h4,6-7H,3,5,11H2,1-2H3,(H2,12,13,14,15). The Balaban J connectivity index is 2.01. The van der Waals surface area contributed by atoms with Gasteiger partial charge in [-0.15, -0.1) is 0 Å². The molecule has 1 aromatic heterocycles. The molecular weight excluding hydrogens is 222 g/mol. The van der Waals surface area contributed by atoms with Gasteiger partial charge < -0.3 is 10.7 Å². The SMILES string of the molecule is CSc1nc(NN)cc(NCC2CC2C)n1. The van der Waals surface area contributed by atoms with Crippen molar-refractivity contribution >= 4 is 23.4 Å². The molecule has 0 bridgehead atoms. The molecule has 2 atom stereocenters. The largest absolute Gasteiger partial charge is 0.370 e. The molecule has 1 heterocycles. The maximum absolute atomic E-state index is 5.36. The van der Waals surface area contributed by atoms with Crippen LogP contribution in [0.3, 0.4) is 0 Å². The minimum Gasteiger partial charge on any atom is -0.370 e. The van der Waals surface area contributed by atoms with Crippen molar-refractivity contribution in [3.63, 3.8) is 0 Å². The Hall–Kier alpha value is -1.01. The number of nitrogens with zero attached hydrogens (tertiary/aromatic N) is 2. The lowest BCUT2D eigenvalue weighted by atomic mass is 10.3. The van der Waals surface area contributed by atoms with Crippen LogP contribution in [0.25, 0.3) is 0 Å². The summed E-state index contributed by atoms with van der Waals surface area (Å²) < 4.78 is 0. The molecule has 88 valence electrons. The fourth-order valence-electron chi connectivity index (χ4n) is 1.60. The molecule has 0 spiro atoms. The first-order chi connectivity index (χ1) is 7.72. The summed E-state index contributed by atoms with van der Waals surface area (Å²) in [6.07, 6.45) is 3.26. The normalized spacial score (nSPS) is 22.9. The van der Waals surface area contributed by atoms with Crippen LogP contribution < -0.4 is 16.6 Å². The van der Waals surface area contributed by atoms with Crippen molar-refractivity contribution in [1.29, 1.82) is 0 Å². The smallest absolute Gasteiger partial charge is 0.191 e. The molecule has 0 amide bonds. The highest BCUT2D eigenvalue weighted by atomic mass is 32.2. The van der Waals surface area contributed by atoms with Crippen LogP contribution in [0.2, 0.25) is 0 Å². The Kier molecular flexibility index (Phi) is 3.50. The topological polar surface area (TPSA) is 75.9 Å². The van der Waals surface area contributed by atoms with Crippen molar-refractivity contribution in [1.82, 2.24) is 9.97 Å². The summed E-state index contributed by atoms with van der Waals surface area (Å²) in [6, 6.07) is 1.83. The minimum atomic E-state index is 0.644. The zero-order valence-corrected chi connectivity index (χ0v) is 10.3. The van der Waals surface area contributed by atoms with Crippen molar-refractivity contribution in [2.24, 2.45) is 17.7 Å². The van der Waals surface area contributed by atoms with Crippen LogP contribution in [0, 0.1) is 11.8 Å². The van der Waals surface area contributed by atoms with Crippen molar-refractivity contribution < 1.29 is 0 Å². The van der Waals surface area contributed by atoms with Gasteiger partial charge in [0.15, 0.2) is 5.16 Å². The lowest BCUT2D eigenvalue weighted by molar-refractivity contribution is 0.781. The number of nitrogens with two attached hydrogens (primary N) is 1. The van der Waals surface area contributed by atoms with E-state index in [2.05, 4.69) is 27.6 Å². The van der Waals surface area contributed by atoms with Gasteiger partial charge in [0.2, 0.25) is 0 Å². The molecule has 2 unspecified atom stereocenters. The number of nitrogen functional groups attached to an aromatic ring is 1. The number of rotatable bonds is 5. The van der Waals surface area contributed by atoms with E-state index in [0.717, 1.165) is 29.4 Å². The number of aromatic nitrogens is 2. The monoisotopic (exact) mass is 239 g/mol. The summed E-state index contributed by atoms with van der Waals surface area (Å²) in [5, 5.41) is 4.05. The third kappa shape index (κ3) is 2.76. The van der Waals surface area contributed by atoms with Crippen LogP contribution in [0.1, 0.15) is 13.3 Å². The summed E-state index contributed by atoms with van der Waals surface area (Å²) in [7, 11) is 0. The summed E-state index contributed by atoms with van der Waals surface area (Å²) in [4.78, 5) is 8.57. The summed E-state index contributed by atoms with van der Waals surface area (Å²) in [5.41, 5.74) is 2.55. The second kappa shape index (κ2) is 4.88. The molecule has 1 aliphatic carbocycles. The van der Waals surface area contributed by atoms with E-state index in [0.29, 0.717) is 5.82 Å². The number of thioether (sulfide) groups is 1. The van der Waals surface area contributed by atoms with Crippen LogP contribution >= 0.6 is 11.8 Å². The Labute approximate surface area is 99.6 Å². The van der Waals surface area contributed by atoms with Crippen LogP contribution in [-0.2, 0) is 0 Å². The van der Waals surface area contributed by atoms with Gasteiger partial charge in [-0.1, -0.05) is 18.7 Å². The average Bonchev–Trinajstić information content (AvgIpc) is 3.02. The van der Waals surface area contributed by atoms with Gasteiger partial charge >= 0.3 is 0 Å². The number of anilines is 2. The highest BCUT2D eigenvalue weighted by Crippen LogP contribution is 2.37. The van der Waals surface area contributed by atoms with Crippen molar-refractivity contribution in [3.05, 3.63) is 6.07 Å². The molecule has 0 aromatic carbocycles. The van der Waals surface area contributed by atoms with Crippen molar-refractivity contribution in [2.45, 2.75) is 18.5 Å². The lowest BCUT2D eigenvalue weighted by Gasteiger charge is -2.08. The van der Waals surface area contributed by atoms with Gasteiger partial charge in [-0.3, -0.25) is 0 Å². The van der Waals surface area contributed by atoms with E-state index in [1.54, 1.807) is 0 Å². The highest BCUT2D eigenvalue weighted by molar-refractivity contribution is 7.98. The molecule has 2 rings (SSSR count). The van der Waals surface area contributed by atoms with Crippen LogP contribution in [0.15, 0.2) is 11.2 Å². The van der Waals surface area contributed by atoms with Gasteiger partial charge in [0.25, 0.3) is 0 Å². The molecule has 1 saturated carbocycles. The third-order valence-electron chi connectivity index (χ3n) is 2.86. The van der Waals surface area contributed by atoms with E-state index >= 15 is 0 Å². The van der Waals surface area contributed by atoms with Crippen molar-refractivity contribution in [3.8, 4) is 0 Å². The van der Waals surface area contributed by atoms with E-state index in [9.17, 15) is 0 Å². The predicted octanol–water partition coefficient (Wildman–Crippen LogP) is 1.55. The van der Waals surface area contributed by atoms with Crippen LogP contribution in [0.4, 0.5) is 11.6 Å². The Morgan fingerprint density at radius 3 is 2.75 bits per heavy atom. The zero-order chi connectivity index (χ0) is 11.5. The first-order valence-electron chi connectivity index (χ1n) is 5.36. The number of hydrogen-bond donors (Lipinski definition) is 3. The molecule has 1 fully saturated rings. The Bertz CT molecular complexity index is 348. The number of hydrazine groups is 1. The first-order valence-corrected chi connectivity index (χ1v) is 6.59. The molecule has 4 N–H and O–H groups in total. The van der Waals surface area contributed by atoms with E-state index in [-0.39, 0.29) is 0 Å². The zero-order valence-electron chi connectivity index (χ0n) is 9.53. The molecule has 0 saturated heterocycles. The lowest BCUT2D eigenvalue weighted by Crippen LogP contribution is -2.12. The molecule has 0 aliphatic heterocycles. The third-order valence-corrected chi connectivity index (χ3v) is 3.41. The summed E-state index contributed by atoms with van der Waals surface area (Å²) in [5.74, 6) is 8.48. The van der Waals surface area contributed by atoms with Crippen LogP contribution in [0.5, 0.6) is 0 Å². The summed E-state index contributed by atoms with van der Waals surface area (Å²) in [6.45, 7) is 3.25. The predicted molar refractivity (Wildman–Crippen MR) is 67.4 cm³/mol. The maximum Gasteiger partial charge on any atom is 0.191 e. The van der Waals surface area contributed by atoms with Gasteiger partial charge in [-0.2, -0.15) is 0 Å². The summed E-state index contributed by atoms with van der Waals surface area (Å²) >= 11 is 1.51. The van der Waals surface area contributed by atoms with Crippen LogP contribution in [-0.4, -0.2) is 22.8 Å². The quantitative estimate of drug-likeness (QED) is 0.313. The molecular formula is C10H17N5S. The Morgan fingerprint density at radius 1 is 1.50 bits per heavy atom. The second-order valence-corrected chi connectivity index (χ2v) is 4.90. The van der Waals surface area contributed by atoms with Gasteiger partial charge in [0, 0.05) is 12.6 Å². The number of hydrogen-bond acceptors (Lipinski definition) is 6.